The maximum atomic E-state index is 6.18. The second kappa shape index (κ2) is 12.7. The SMILES string of the molecule is COCC1OC(OCC2OC(COC)(OC)C(OC)C2OC)C(OC)C(OC)C1OC. The predicted octanol–water partition coefficient (Wildman–Crippen LogP) is -0.163. The standard InChI is InChI=1S/C20H38O11/c1-21-9-12-14(23-3)16(25-5)17(26-6)19(30-12)29-10-13-15(24-4)18(27-7)20(28-8,31-13)11-22-2/h12-19H,9-11H2,1-8H3. The van der Waals surface area contributed by atoms with Gasteiger partial charge in [-0.15, -0.1) is 0 Å². The molecule has 2 saturated heterocycles. The van der Waals surface area contributed by atoms with Crippen LogP contribution in [0.5, 0.6) is 0 Å². The van der Waals surface area contributed by atoms with Crippen LogP contribution in [0.25, 0.3) is 0 Å². The Kier molecular flexibility index (Phi) is 11.0. The molecule has 0 aromatic heterocycles. The third-order valence-corrected chi connectivity index (χ3v) is 5.83. The van der Waals surface area contributed by atoms with Crippen molar-refractivity contribution in [2.75, 3.05) is 76.7 Å². The van der Waals surface area contributed by atoms with Gasteiger partial charge in [0.1, 0.15) is 49.3 Å². The number of hydrogen-bond donors (Lipinski definition) is 0. The highest BCUT2D eigenvalue weighted by molar-refractivity contribution is 4.99. The third kappa shape index (κ3) is 5.56. The lowest BCUT2D eigenvalue weighted by Crippen LogP contribution is -2.61. The fraction of sp³-hybridized carbons (Fsp3) is 1.00. The highest BCUT2D eigenvalue weighted by atomic mass is 16.8. The van der Waals surface area contributed by atoms with Crippen LogP contribution in [0.15, 0.2) is 0 Å². The van der Waals surface area contributed by atoms with Crippen molar-refractivity contribution in [2.24, 2.45) is 0 Å². The van der Waals surface area contributed by atoms with Gasteiger partial charge in [-0.2, -0.15) is 0 Å². The van der Waals surface area contributed by atoms with Crippen LogP contribution in [0.2, 0.25) is 0 Å². The molecule has 0 spiro atoms. The molecule has 9 unspecified atom stereocenters. The van der Waals surface area contributed by atoms with Crippen LogP contribution in [0.4, 0.5) is 0 Å². The van der Waals surface area contributed by atoms with E-state index in [4.69, 9.17) is 52.1 Å². The van der Waals surface area contributed by atoms with Crippen molar-refractivity contribution in [1.29, 1.82) is 0 Å². The van der Waals surface area contributed by atoms with Gasteiger partial charge in [0.15, 0.2) is 6.29 Å². The lowest BCUT2D eigenvalue weighted by molar-refractivity contribution is -0.322. The van der Waals surface area contributed by atoms with E-state index in [9.17, 15) is 0 Å². The molecule has 2 fully saturated rings. The molecule has 0 N–H and O–H groups in total. The number of rotatable bonds is 13. The van der Waals surface area contributed by atoms with Gasteiger partial charge in [-0.1, -0.05) is 0 Å². The van der Waals surface area contributed by atoms with E-state index >= 15 is 0 Å². The van der Waals surface area contributed by atoms with Crippen LogP contribution in [0, 0.1) is 0 Å². The Bertz CT molecular complexity index is 510. The normalized spacial score (nSPS) is 41.0. The lowest BCUT2D eigenvalue weighted by Gasteiger charge is -2.44. The second-order valence-electron chi connectivity index (χ2n) is 7.39. The Morgan fingerprint density at radius 3 is 1.77 bits per heavy atom. The Labute approximate surface area is 184 Å². The van der Waals surface area contributed by atoms with Gasteiger partial charge in [-0.25, -0.2) is 0 Å². The van der Waals surface area contributed by atoms with Gasteiger partial charge >= 0.3 is 0 Å². The van der Waals surface area contributed by atoms with Crippen molar-refractivity contribution < 1.29 is 52.1 Å². The molecule has 0 aliphatic carbocycles. The topological polar surface area (TPSA) is 102 Å². The Morgan fingerprint density at radius 2 is 1.29 bits per heavy atom. The number of hydrogen-bond acceptors (Lipinski definition) is 11. The molecule has 0 aromatic rings. The average molecular weight is 455 g/mol. The third-order valence-electron chi connectivity index (χ3n) is 5.83. The minimum Gasteiger partial charge on any atom is -0.382 e. The van der Waals surface area contributed by atoms with Crippen LogP contribution in [0.1, 0.15) is 0 Å². The van der Waals surface area contributed by atoms with Crippen LogP contribution in [0.3, 0.4) is 0 Å². The quantitative estimate of drug-likeness (QED) is 0.371. The zero-order valence-electron chi connectivity index (χ0n) is 19.7. The highest BCUT2D eigenvalue weighted by Crippen LogP contribution is 2.37. The molecule has 2 heterocycles. The minimum atomic E-state index is -1.12. The summed E-state index contributed by atoms with van der Waals surface area (Å²) in [6, 6.07) is 0. The van der Waals surface area contributed by atoms with Crippen molar-refractivity contribution in [1.82, 2.24) is 0 Å². The summed E-state index contributed by atoms with van der Waals surface area (Å²) in [5.74, 6) is -1.12. The lowest BCUT2D eigenvalue weighted by atomic mass is 9.98. The smallest absolute Gasteiger partial charge is 0.221 e. The Morgan fingerprint density at radius 1 is 0.645 bits per heavy atom. The molecule has 0 radical (unpaired) electrons. The van der Waals surface area contributed by atoms with E-state index in [-0.39, 0.29) is 19.3 Å². The monoisotopic (exact) mass is 454 g/mol. The number of methoxy groups -OCH3 is 8. The van der Waals surface area contributed by atoms with Gasteiger partial charge in [0, 0.05) is 56.9 Å². The summed E-state index contributed by atoms with van der Waals surface area (Å²) in [4.78, 5) is 0. The Balaban J connectivity index is 2.16. The van der Waals surface area contributed by atoms with Gasteiger partial charge in [0.05, 0.1) is 13.2 Å². The molecular weight excluding hydrogens is 416 g/mol. The molecule has 2 rings (SSSR count). The summed E-state index contributed by atoms with van der Waals surface area (Å²) < 4.78 is 62.8. The molecule has 31 heavy (non-hydrogen) atoms. The molecule has 184 valence electrons. The van der Waals surface area contributed by atoms with E-state index in [0.29, 0.717) is 6.61 Å². The van der Waals surface area contributed by atoms with E-state index in [0.717, 1.165) is 0 Å². The van der Waals surface area contributed by atoms with E-state index < -0.39 is 48.7 Å². The summed E-state index contributed by atoms with van der Waals surface area (Å²) in [5.41, 5.74) is 0. The van der Waals surface area contributed by atoms with Gasteiger partial charge in [0.2, 0.25) is 5.79 Å². The summed E-state index contributed by atoms with van der Waals surface area (Å²) in [5, 5.41) is 0. The van der Waals surface area contributed by atoms with Crippen molar-refractivity contribution in [3.63, 3.8) is 0 Å². The molecule has 11 heteroatoms. The largest absolute Gasteiger partial charge is 0.382 e. The van der Waals surface area contributed by atoms with Crippen molar-refractivity contribution in [2.45, 2.75) is 54.8 Å². The van der Waals surface area contributed by atoms with Crippen LogP contribution >= 0.6 is 0 Å². The zero-order valence-corrected chi connectivity index (χ0v) is 19.7. The zero-order chi connectivity index (χ0) is 23.0. The minimum absolute atomic E-state index is 0.130. The highest BCUT2D eigenvalue weighted by Gasteiger charge is 2.57. The van der Waals surface area contributed by atoms with Crippen molar-refractivity contribution >= 4 is 0 Å². The van der Waals surface area contributed by atoms with E-state index in [2.05, 4.69) is 0 Å². The fourth-order valence-corrected chi connectivity index (χ4v) is 4.40. The van der Waals surface area contributed by atoms with E-state index in [1.807, 2.05) is 0 Å². The first-order valence-corrected chi connectivity index (χ1v) is 10.1. The molecule has 0 bridgehead atoms. The fourth-order valence-electron chi connectivity index (χ4n) is 4.40. The first kappa shape index (κ1) is 26.8. The molecule has 0 saturated carbocycles. The first-order chi connectivity index (χ1) is 15.0. The molecule has 9 atom stereocenters. The summed E-state index contributed by atoms with van der Waals surface area (Å²) in [6.07, 6.45) is -3.97. The van der Waals surface area contributed by atoms with Gasteiger partial charge in [-0.3, -0.25) is 0 Å². The Hall–Kier alpha value is -0.440. The summed E-state index contributed by atoms with van der Waals surface area (Å²) >= 11 is 0. The summed E-state index contributed by atoms with van der Waals surface area (Å²) in [7, 11) is 12.6. The molecular formula is C20H38O11. The number of ether oxygens (including phenoxy) is 11. The predicted molar refractivity (Wildman–Crippen MR) is 107 cm³/mol. The van der Waals surface area contributed by atoms with Crippen molar-refractivity contribution in [3.05, 3.63) is 0 Å². The van der Waals surface area contributed by atoms with Crippen LogP contribution < -0.4 is 0 Å². The molecule has 11 nitrogen and oxygen atoms in total. The maximum Gasteiger partial charge on any atom is 0.221 e. The first-order valence-electron chi connectivity index (χ1n) is 10.1. The van der Waals surface area contributed by atoms with Gasteiger partial charge in [-0.05, 0) is 0 Å². The summed E-state index contributed by atoms with van der Waals surface area (Å²) in [6.45, 7) is 0.601. The van der Waals surface area contributed by atoms with E-state index in [1.165, 1.54) is 7.11 Å². The maximum absolute atomic E-state index is 6.18. The molecule has 0 amide bonds. The molecule has 2 aliphatic rings. The van der Waals surface area contributed by atoms with E-state index in [1.54, 1.807) is 49.8 Å². The van der Waals surface area contributed by atoms with Crippen LogP contribution in [-0.2, 0) is 52.1 Å². The molecule has 0 aromatic carbocycles. The van der Waals surface area contributed by atoms with Crippen LogP contribution in [-0.4, -0.2) is 132 Å². The van der Waals surface area contributed by atoms with Gasteiger partial charge < -0.3 is 52.1 Å². The molecule has 2 aliphatic heterocycles. The van der Waals surface area contributed by atoms with Crippen molar-refractivity contribution in [3.8, 4) is 0 Å². The average Bonchev–Trinajstić information content (AvgIpc) is 3.09. The second-order valence-corrected chi connectivity index (χ2v) is 7.39. The van der Waals surface area contributed by atoms with Gasteiger partial charge in [0.25, 0.3) is 0 Å².